The molecule has 0 aliphatic carbocycles. The molecule has 0 aliphatic heterocycles. The fourth-order valence-corrected chi connectivity index (χ4v) is 2.69. The van der Waals surface area contributed by atoms with E-state index in [0.717, 1.165) is 18.2 Å². The number of sulfonamides is 1. The van der Waals surface area contributed by atoms with Gasteiger partial charge < -0.3 is 9.84 Å². The number of aliphatic carboxylic acids is 1. The molecule has 0 fully saturated rings. The van der Waals surface area contributed by atoms with Gasteiger partial charge in [0.25, 0.3) is 0 Å². The maximum atomic E-state index is 12.1. The van der Waals surface area contributed by atoms with Crippen LogP contribution in [0.1, 0.15) is 6.92 Å². The van der Waals surface area contributed by atoms with E-state index < -0.39 is 28.5 Å². The predicted octanol–water partition coefficient (Wildman–Crippen LogP) is 1.94. The summed E-state index contributed by atoms with van der Waals surface area (Å²) < 4.78 is 54.1. The molecule has 1 aromatic carbocycles. The summed E-state index contributed by atoms with van der Waals surface area (Å²) in [7, 11) is -4.00. The number of ether oxygens (including phenoxy) is 1. The molecule has 1 rings (SSSR count). The standard InChI is InChI=1S/C11H12ClF2NO5S/c1-6(10(16)17)5-15-21(18,19)7-2-3-9(8(12)4-7)20-11(13)14/h2-4,6,11,15H,5H2,1H3,(H,16,17). The minimum atomic E-state index is -4.00. The summed E-state index contributed by atoms with van der Waals surface area (Å²) in [5.41, 5.74) is 0. The average Bonchev–Trinajstić information content (AvgIpc) is 2.37. The molecule has 118 valence electrons. The molecule has 21 heavy (non-hydrogen) atoms. The molecule has 6 nitrogen and oxygen atoms in total. The average molecular weight is 344 g/mol. The smallest absolute Gasteiger partial charge is 0.387 e. The highest BCUT2D eigenvalue weighted by Gasteiger charge is 2.20. The number of nitrogens with one attached hydrogen (secondary N) is 1. The number of carbonyl (C=O) groups is 1. The van der Waals surface area contributed by atoms with E-state index in [0.29, 0.717) is 0 Å². The van der Waals surface area contributed by atoms with E-state index in [9.17, 15) is 22.0 Å². The van der Waals surface area contributed by atoms with Crippen LogP contribution in [0.5, 0.6) is 5.75 Å². The number of hydrogen-bond acceptors (Lipinski definition) is 4. The third-order valence-electron chi connectivity index (χ3n) is 2.43. The Morgan fingerprint density at radius 2 is 2.10 bits per heavy atom. The van der Waals surface area contributed by atoms with Crippen molar-refractivity contribution >= 4 is 27.6 Å². The Balaban J connectivity index is 2.89. The zero-order chi connectivity index (χ0) is 16.2. The second-order valence-corrected chi connectivity index (χ2v) is 6.24. The van der Waals surface area contributed by atoms with Gasteiger partial charge in [-0.2, -0.15) is 8.78 Å². The molecule has 0 aliphatic rings. The molecule has 1 aromatic rings. The van der Waals surface area contributed by atoms with Crippen molar-refractivity contribution < 1.29 is 31.8 Å². The maximum Gasteiger partial charge on any atom is 0.387 e. The molecule has 0 saturated heterocycles. The van der Waals surface area contributed by atoms with Crippen molar-refractivity contribution in [1.82, 2.24) is 4.72 Å². The first-order chi connectivity index (χ1) is 9.63. The molecule has 1 atom stereocenters. The largest absolute Gasteiger partial charge is 0.481 e. The lowest BCUT2D eigenvalue weighted by atomic mass is 10.2. The van der Waals surface area contributed by atoms with Crippen LogP contribution < -0.4 is 9.46 Å². The lowest BCUT2D eigenvalue weighted by molar-refractivity contribution is -0.140. The highest BCUT2D eigenvalue weighted by Crippen LogP contribution is 2.28. The van der Waals surface area contributed by atoms with Crippen LogP contribution in [0.4, 0.5) is 8.78 Å². The van der Waals surface area contributed by atoms with Crippen LogP contribution in [0.3, 0.4) is 0 Å². The van der Waals surface area contributed by atoms with Gasteiger partial charge in [0, 0.05) is 6.54 Å². The summed E-state index contributed by atoms with van der Waals surface area (Å²) in [6.07, 6.45) is 0. The van der Waals surface area contributed by atoms with Crippen molar-refractivity contribution in [3.8, 4) is 5.75 Å². The Morgan fingerprint density at radius 3 is 2.57 bits per heavy atom. The van der Waals surface area contributed by atoms with Crippen LogP contribution in [-0.4, -0.2) is 32.6 Å². The van der Waals surface area contributed by atoms with Gasteiger partial charge in [0.2, 0.25) is 10.0 Å². The monoisotopic (exact) mass is 343 g/mol. The lowest BCUT2D eigenvalue weighted by Crippen LogP contribution is -2.31. The van der Waals surface area contributed by atoms with Gasteiger partial charge in [-0.3, -0.25) is 4.79 Å². The summed E-state index contributed by atoms with van der Waals surface area (Å²) in [5.74, 6) is -2.43. The van der Waals surface area contributed by atoms with Crippen LogP contribution in [0.15, 0.2) is 23.1 Å². The molecule has 0 spiro atoms. The highest BCUT2D eigenvalue weighted by atomic mass is 35.5. The third-order valence-corrected chi connectivity index (χ3v) is 4.15. The number of carboxylic acid groups (broad SMARTS) is 1. The van der Waals surface area contributed by atoms with Gasteiger partial charge in [0.05, 0.1) is 15.8 Å². The fraction of sp³-hybridized carbons (Fsp3) is 0.364. The van der Waals surface area contributed by atoms with E-state index >= 15 is 0 Å². The molecule has 0 saturated carbocycles. The quantitative estimate of drug-likeness (QED) is 0.789. The molecular weight excluding hydrogens is 332 g/mol. The van der Waals surface area contributed by atoms with Crippen LogP contribution in [0, 0.1) is 5.92 Å². The van der Waals surface area contributed by atoms with Crippen molar-refractivity contribution in [2.24, 2.45) is 5.92 Å². The Kier molecular flexibility index (Phi) is 5.87. The predicted molar refractivity (Wildman–Crippen MR) is 70.1 cm³/mol. The van der Waals surface area contributed by atoms with Crippen molar-refractivity contribution in [2.75, 3.05) is 6.54 Å². The van der Waals surface area contributed by atoms with Gasteiger partial charge in [-0.15, -0.1) is 0 Å². The summed E-state index contributed by atoms with van der Waals surface area (Å²) in [6, 6.07) is 2.95. The zero-order valence-corrected chi connectivity index (χ0v) is 12.3. The maximum absolute atomic E-state index is 12.1. The molecule has 1 unspecified atom stereocenters. The number of hydrogen-bond donors (Lipinski definition) is 2. The van der Waals surface area contributed by atoms with E-state index in [1.165, 1.54) is 6.92 Å². The molecule has 0 radical (unpaired) electrons. The summed E-state index contributed by atoms with van der Waals surface area (Å²) in [6.45, 7) is -2.07. The Bertz CT molecular complexity index is 623. The minimum Gasteiger partial charge on any atom is -0.481 e. The first kappa shape index (κ1) is 17.6. The van der Waals surface area contributed by atoms with Gasteiger partial charge in [-0.1, -0.05) is 18.5 Å². The van der Waals surface area contributed by atoms with E-state index in [1.54, 1.807) is 0 Å². The Hall–Kier alpha value is -1.45. The van der Waals surface area contributed by atoms with Crippen LogP contribution in [0.25, 0.3) is 0 Å². The van der Waals surface area contributed by atoms with E-state index in [2.05, 4.69) is 9.46 Å². The number of alkyl halides is 2. The topological polar surface area (TPSA) is 92.7 Å². The van der Waals surface area contributed by atoms with Gasteiger partial charge in [-0.05, 0) is 18.2 Å². The number of rotatable bonds is 7. The number of benzene rings is 1. The molecule has 0 bridgehead atoms. The highest BCUT2D eigenvalue weighted by molar-refractivity contribution is 7.89. The van der Waals surface area contributed by atoms with Gasteiger partial charge in [0.15, 0.2) is 0 Å². The van der Waals surface area contributed by atoms with Crippen molar-refractivity contribution in [1.29, 1.82) is 0 Å². The van der Waals surface area contributed by atoms with Crippen LogP contribution >= 0.6 is 11.6 Å². The fourth-order valence-electron chi connectivity index (χ4n) is 1.25. The summed E-state index contributed by atoms with van der Waals surface area (Å²) in [4.78, 5) is 10.3. The molecule has 0 aromatic heterocycles. The van der Waals surface area contributed by atoms with Crippen LogP contribution in [0.2, 0.25) is 5.02 Å². The Morgan fingerprint density at radius 1 is 1.48 bits per heavy atom. The summed E-state index contributed by atoms with van der Waals surface area (Å²) in [5, 5.41) is 8.37. The second kappa shape index (κ2) is 7.01. The number of halogens is 3. The normalized spacial score (nSPS) is 13.2. The summed E-state index contributed by atoms with van der Waals surface area (Å²) >= 11 is 5.65. The molecule has 0 heterocycles. The van der Waals surface area contributed by atoms with Crippen molar-refractivity contribution in [3.05, 3.63) is 23.2 Å². The first-order valence-electron chi connectivity index (χ1n) is 5.60. The van der Waals surface area contributed by atoms with Gasteiger partial charge in [-0.25, -0.2) is 13.1 Å². The second-order valence-electron chi connectivity index (χ2n) is 4.06. The molecule has 2 N–H and O–H groups in total. The third kappa shape index (κ3) is 5.10. The minimum absolute atomic E-state index is 0.285. The molecular formula is C11H12ClF2NO5S. The van der Waals surface area contributed by atoms with E-state index in [1.807, 2.05) is 0 Å². The molecule has 10 heteroatoms. The first-order valence-corrected chi connectivity index (χ1v) is 7.46. The van der Waals surface area contributed by atoms with Gasteiger partial charge in [0.1, 0.15) is 5.75 Å². The van der Waals surface area contributed by atoms with Crippen LogP contribution in [-0.2, 0) is 14.8 Å². The van der Waals surface area contributed by atoms with Crippen molar-refractivity contribution in [2.45, 2.75) is 18.4 Å². The van der Waals surface area contributed by atoms with Gasteiger partial charge >= 0.3 is 12.6 Å². The van der Waals surface area contributed by atoms with E-state index in [-0.39, 0.29) is 22.2 Å². The Labute approximate surface area is 124 Å². The lowest BCUT2D eigenvalue weighted by Gasteiger charge is -2.11. The zero-order valence-electron chi connectivity index (χ0n) is 10.7. The number of carboxylic acids is 1. The SMILES string of the molecule is CC(CNS(=O)(=O)c1ccc(OC(F)F)c(Cl)c1)C(=O)O. The van der Waals surface area contributed by atoms with Crippen molar-refractivity contribution in [3.63, 3.8) is 0 Å². The van der Waals surface area contributed by atoms with E-state index in [4.69, 9.17) is 16.7 Å². The molecule has 0 amide bonds.